The summed E-state index contributed by atoms with van der Waals surface area (Å²) in [5, 5.41) is 21.5. The van der Waals surface area contributed by atoms with Gasteiger partial charge in [-0.3, -0.25) is 28.5 Å². The summed E-state index contributed by atoms with van der Waals surface area (Å²) in [5.74, 6) is -3.47. The van der Waals surface area contributed by atoms with E-state index in [1.54, 1.807) is 110 Å². The number of rotatable bonds is 29. The summed E-state index contributed by atoms with van der Waals surface area (Å²) in [5.41, 5.74) is 10.7. The lowest BCUT2D eigenvalue weighted by Gasteiger charge is -2.16. The van der Waals surface area contributed by atoms with Crippen molar-refractivity contribution in [1.29, 1.82) is 0 Å². The molecule has 0 saturated heterocycles. The Morgan fingerprint density at radius 1 is 0.299 bits per heavy atom. The van der Waals surface area contributed by atoms with E-state index in [1.807, 2.05) is 69.2 Å². The number of anilines is 5. The number of sulfonamides is 4. The second kappa shape index (κ2) is 41.5. The number of amides is 1. The summed E-state index contributed by atoms with van der Waals surface area (Å²) in [7, 11) is -31.0. The molecule has 0 radical (unpaired) electrons. The third-order valence-corrected chi connectivity index (χ3v) is 31.9. The van der Waals surface area contributed by atoms with E-state index < -0.39 is 108 Å². The molecule has 7 N–H and O–H groups in total. The minimum atomic E-state index is -4.00. The van der Waals surface area contributed by atoms with Gasteiger partial charge in [0.1, 0.15) is 6.29 Å². The molecular formula is C93H95N5O21S8. The number of aryl methyl sites for hydroxylation is 8. The quantitative estimate of drug-likeness (QED) is 0.0169. The van der Waals surface area contributed by atoms with Gasteiger partial charge in [-0.2, -0.15) is 0 Å². The smallest absolute Gasteiger partial charge is 0.335 e. The number of aldehydes is 1. The normalized spacial score (nSPS) is 11.8. The van der Waals surface area contributed by atoms with Crippen molar-refractivity contribution in [2.24, 2.45) is 0 Å². The first-order valence-corrected chi connectivity index (χ1v) is 51.3. The molecule has 12 aromatic carbocycles. The Morgan fingerprint density at radius 2 is 0.543 bits per heavy atom. The maximum atomic E-state index is 13.2. The summed E-state index contributed by atoms with van der Waals surface area (Å²) in [6, 6.07) is 67.5. The SMILES string of the molecule is CC(C)=C(C)C(=O)Nc1ccc(NS(=O)(=O)c2ccc(C)cc2)c(CS(=O)(=O)c2ccc(C)cc2)c1.Cc1ccc(S(=O)(=O)Cc2cc(C(=O)O)ccc2NS(=O)(=O)c2ccc(C)cc2)cc1.Cc1ccc(S(=O)(=O)Cc2cc(C=O)ccc2NS(=O)(=O)c2ccc(C)cc2)cc1.Cc1ccc(S(=O)(=O)Cc2cc(CO)ccc2NS(=O)(=O)c2ccc(C)cc2)cc1. The van der Waals surface area contributed by atoms with E-state index in [1.165, 1.54) is 164 Å². The Bertz CT molecular complexity index is 7090. The van der Waals surface area contributed by atoms with E-state index in [2.05, 4.69) is 24.2 Å². The van der Waals surface area contributed by atoms with Crippen molar-refractivity contribution in [3.05, 3.63) is 362 Å². The number of hydrogen-bond donors (Lipinski definition) is 7. The number of carboxylic acid groups (broad SMARTS) is 1. The summed E-state index contributed by atoms with van der Waals surface area (Å²) < 4.78 is 216. The molecule has 0 aliphatic rings. The van der Waals surface area contributed by atoms with Crippen LogP contribution in [0.4, 0.5) is 28.4 Å². The number of carboxylic acids is 1. The molecule has 0 aliphatic heterocycles. The van der Waals surface area contributed by atoms with Crippen LogP contribution in [0.5, 0.6) is 0 Å². The van der Waals surface area contributed by atoms with Crippen LogP contribution in [0.15, 0.2) is 317 Å². The van der Waals surface area contributed by atoms with Gasteiger partial charge in [-0.05, 0) is 262 Å². The Hall–Kier alpha value is -12.3. The van der Waals surface area contributed by atoms with Gasteiger partial charge in [-0.25, -0.2) is 72.1 Å². The number of nitrogens with one attached hydrogen (secondary N) is 5. The zero-order valence-electron chi connectivity index (χ0n) is 70.9. The number of benzene rings is 12. The lowest BCUT2D eigenvalue weighted by molar-refractivity contribution is -0.112. The third kappa shape index (κ3) is 27.4. The summed E-state index contributed by atoms with van der Waals surface area (Å²) in [6.45, 7) is 19.8. The molecule has 666 valence electrons. The highest BCUT2D eigenvalue weighted by atomic mass is 32.2. The highest BCUT2D eigenvalue weighted by molar-refractivity contribution is 7.94. The summed E-state index contributed by atoms with van der Waals surface area (Å²) in [4.78, 5) is 35.8. The molecule has 0 atom stereocenters. The molecular weight excluding hydrogens is 1780 g/mol. The predicted molar refractivity (Wildman–Crippen MR) is 493 cm³/mol. The highest BCUT2D eigenvalue weighted by Crippen LogP contribution is 2.34. The maximum absolute atomic E-state index is 13.2. The van der Waals surface area contributed by atoms with Gasteiger partial charge in [0.15, 0.2) is 39.3 Å². The number of sulfone groups is 4. The first-order chi connectivity index (χ1) is 59.5. The van der Waals surface area contributed by atoms with Gasteiger partial charge >= 0.3 is 5.97 Å². The number of allylic oxidation sites excluding steroid dienone is 1. The van der Waals surface area contributed by atoms with Crippen LogP contribution in [0.1, 0.15) is 114 Å². The Morgan fingerprint density at radius 3 is 0.811 bits per heavy atom. The van der Waals surface area contributed by atoms with Gasteiger partial charge in [0.05, 0.1) is 97.1 Å². The van der Waals surface area contributed by atoms with Crippen molar-refractivity contribution in [3.63, 3.8) is 0 Å². The van der Waals surface area contributed by atoms with Crippen LogP contribution in [-0.2, 0) is 114 Å². The lowest BCUT2D eigenvalue weighted by Crippen LogP contribution is -2.17. The molecule has 12 aromatic rings. The van der Waals surface area contributed by atoms with Gasteiger partial charge in [0.2, 0.25) is 0 Å². The van der Waals surface area contributed by atoms with E-state index >= 15 is 0 Å². The van der Waals surface area contributed by atoms with E-state index in [0.717, 1.165) is 50.1 Å². The summed E-state index contributed by atoms with van der Waals surface area (Å²) in [6.07, 6.45) is 0.584. The number of hydrogen-bond acceptors (Lipinski definition) is 20. The molecule has 34 heteroatoms. The van der Waals surface area contributed by atoms with Crippen LogP contribution in [0, 0.1) is 55.4 Å². The van der Waals surface area contributed by atoms with Crippen molar-refractivity contribution in [1.82, 2.24) is 0 Å². The largest absolute Gasteiger partial charge is 0.478 e. The molecule has 0 bridgehead atoms. The zero-order valence-corrected chi connectivity index (χ0v) is 77.5. The van der Waals surface area contributed by atoms with Gasteiger partial charge in [-0.1, -0.05) is 159 Å². The molecule has 26 nitrogen and oxygen atoms in total. The third-order valence-electron chi connectivity index (χ3n) is 19.6. The van der Waals surface area contributed by atoms with Gasteiger partial charge in [-0.15, -0.1) is 0 Å². The lowest BCUT2D eigenvalue weighted by atomic mass is 10.1. The average molecular weight is 1880 g/mol. The number of aliphatic hydroxyl groups excluding tert-OH is 1. The molecule has 0 saturated carbocycles. The average Bonchev–Trinajstić information content (AvgIpc) is 0.804. The van der Waals surface area contributed by atoms with Crippen LogP contribution in [0.3, 0.4) is 0 Å². The van der Waals surface area contributed by atoms with Crippen LogP contribution >= 0.6 is 0 Å². The zero-order chi connectivity index (χ0) is 93.4. The highest BCUT2D eigenvalue weighted by Gasteiger charge is 2.28. The number of carbonyl (C=O) groups excluding carboxylic acids is 2. The van der Waals surface area contributed by atoms with Crippen LogP contribution in [-0.4, -0.2) is 95.7 Å². The minimum absolute atomic E-state index is 0.00117. The standard InChI is InChI=1S/C27H30N2O5S2.C22H21NO6S2.C22H23NO5S2.C22H21NO5S2/c1-18(2)21(5)27(30)28-23-10-15-26(29-36(33,34)25-13-8-20(4)9-14-25)22(16-23)17-35(31,32)24-11-6-19(3)7-12-24;1-15-3-8-19(9-4-15)30(26,27)14-18-13-17(22(24)25)7-12-21(18)23-31(28,29)20-10-5-16(2)6-11-20;2*1-16-3-8-20(9-4-16)29(25,26)15-19-13-18(14-24)7-12-22(19)23-30(27,28)21-10-5-17(2)6-11-21/h6-16,29H,17H2,1-5H3,(H,28,30);3-13,23H,14H2,1-2H3,(H,24,25);3-13,23-24H,14-15H2,1-2H3;3-14,23H,15H2,1-2H3. The molecule has 0 spiro atoms. The fourth-order valence-electron chi connectivity index (χ4n) is 12.0. The molecule has 12 rings (SSSR count). The predicted octanol–water partition coefficient (Wildman–Crippen LogP) is 16.6. The number of carbonyl (C=O) groups is 3. The molecule has 0 fully saturated rings. The van der Waals surface area contributed by atoms with E-state index in [-0.39, 0.29) is 108 Å². The monoisotopic (exact) mass is 1870 g/mol. The molecule has 0 heterocycles. The van der Waals surface area contributed by atoms with E-state index in [9.17, 15) is 91.9 Å². The van der Waals surface area contributed by atoms with E-state index in [0.29, 0.717) is 23.1 Å². The topological polar surface area (TPSA) is 425 Å². The van der Waals surface area contributed by atoms with Gasteiger partial charge < -0.3 is 15.5 Å². The first-order valence-electron chi connectivity index (χ1n) is 38.8. The first kappa shape index (κ1) is 98.5. The Kier molecular flexibility index (Phi) is 32.2. The van der Waals surface area contributed by atoms with Crippen LogP contribution in [0.2, 0.25) is 0 Å². The Balaban J connectivity index is 0.000000192. The fourth-order valence-corrected chi connectivity index (χ4v) is 21.8. The molecule has 0 aromatic heterocycles. The number of aromatic carboxylic acids is 1. The van der Waals surface area contributed by atoms with Crippen molar-refractivity contribution in [2.75, 3.05) is 24.2 Å². The van der Waals surface area contributed by atoms with Crippen molar-refractivity contribution in [2.45, 2.75) is 145 Å². The van der Waals surface area contributed by atoms with Crippen LogP contribution in [0.25, 0.3) is 0 Å². The summed E-state index contributed by atoms with van der Waals surface area (Å²) >= 11 is 0. The minimum Gasteiger partial charge on any atom is -0.478 e. The van der Waals surface area contributed by atoms with Crippen molar-refractivity contribution in [3.8, 4) is 0 Å². The molecule has 127 heavy (non-hydrogen) atoms. The fraction of sp³-hybridized carbons (Fsp3) is 0.172. The Labute approximate surface area is 742 Å². The van der Waals surface area contributed by atoms with Crippen molar-refractivity contribution < 1.29 is 91.9 Å². The molecule has 0 unspecified atom stereocenters. The maximum Gasteiger partial charge on any atom is 0.335 e. The molecule has 1 amide bonds. The van der Waals surface area contributed by atoms with Crippen molar-refractivity contribution >= 4 is 126 Å². The van der Waals surface area contributed by atoms with Crippen LogP contribution < -0.4 is 24.2 Å². The van der Waals surface area contributed by atoms with E-state index in [4.69, 9.17) is 0 Å². The van der Waals surface area contributed by atoms with Gasteiger partial charge in [0, 0.05) is 16.8 Å². The molecule has 0 aliphatic carbocycles. The second-order valence-corrected chi connectivity index (χ2v) is 45.0. The second-order valence-electron chi connectivity index (χ2n) is 30.3. The van der Waals surface area contributed by atoms with Gasteiger partial charge in [0.25, 0.3) is 46.0 Å². The number of aliphatic hydroxyl groups is 1.